The van der Waals surface area contributed by atoms with E-state index in [1.165, 1.54) is 36.4 Å². The Morgan fingerprint density at radius 3 is 2.03 bits per heavy atom. The van der Waals surface area contributed by atoms with Crippen LogP contribution in [0.5, 0.6) is 11.5 Å². The number of hydrogen-bond donors (Lipinski definition) is 2. The maximum absolute atomic E-state index is 13.4. The van der Waals surface area contributed by atoms with Gasteiger partial charge in [-0.05, 0) is 48.7 Å². The van der Waals surface area contributed by atoms with Crippen molar-refractivity contribution in [3.63, 3.8) is 0 Å². The Labute approximate surface area is 175 Å². The number of aliphatic carboxylic acids is 1. The standard InChI is InChI=1S/C18H20BrN2O7P/c1-12(2)11-17(18(22)23)20-29(26,27-15-7-3-13(19)4-8-15)28-16-9-5-14(6-10-16)21(24)25/h3-10,12,17H,11H2,1-2H3,(H,20,26)(H,22,23). The molecule has 2 atom stereocenters. The Morgan fingerprint density at radius 1 is 1.14 bits per heavy atom. The molecule has 0 aliphatic rings. The third kappa shape index (κ3) is 7.16. The molecule has 156 valence electrons. The Morgan fingerprint density at radius 2 is 1.62 bits per heavy atom. The van der Waals surface area contributed by atoms with Crippen molar-refractivity contribution in [2.75, 3.05) is 0 Å². The van der Waals surface area contributed by atoms with Crippen molar-refractivity contribution in [1.82, 2.24) is 5.09 Å². The van der Waals surface area contributed by atoms with Crippen LogP contribution in [0.4, 0.5) is 5.69 Å². The van der Waals surface area contributed by atoms with Crippen LogP contribution in [-0.4, -0.2) is 22.0 Å². The van der Waals surface area contributed by atoms with Gasteiger partial charge < -0.3 is 14.2 Å². The Bertz CT molecular complexity index is 903. The summed E-state index contributed by atoms with van der Waals surface area (Å²) in [4.78, 5) is 21.8. The van der Waals surface area contributed by atoms with Crippen LogP contribution in [0.2, 0.25) is 0 Å². The van der Waals surface area contributed by atoms with Crippen LogP contribution in [-0.2, 0) is 9.36 Å². The highest BCUT2D eigenvalue weighted by Crippen LogP contribution is 2.46. The molecule has 29 heavy (non-hydrogen) atoms. The highest BCUT2D eigenvalue weighted by molar-refractivity contribution is 9.10. The average Bonchev–Trinajstić information content (AvgIpc) is 2.63. The van der Waals surface area contributed by atoms with E-state index in [0.29, 0.717) is 0 Å². The van der Waals surface area contributed by atoms with Crippen molar-refractivity contribution in [3.8, 4) is 11.5 Å². The second-order valence-corrected chi connectivity index (χ2v) is 9.07. The van der Waals surface area contributed by atoms with Gasteiger partial charge >= 0.3 is 13.7 Å². The van der Waals surface area contributed by atoms with Crippen LogP contribution < -0.4 is 14.1 Å². The van der Waals surface area contributed by atoms with E-state index in [9.17, 15) is 24.6 Å². The highest BCUT2D eigenvalue weighted by atomic mass is 79.9. The SMILES string of the molecule is CC(C)CC(NP(=O)(Oc1ccc(Br)cc1)Oc1ccc([N+](=O)[O-])cc1)C(=O)O. The van der Waals surface area contributed by atoms with Crippen molar-refractivity contribution >= 4 is 35.3 Å². The molecule has 0 heterocycles. The minimum absolute atomic E-state index is 0.00380. The summed E-state index contributed by atoms with van der Waals surface area (Å²) in [5.41, 5.74) is -0.169. The third-order valence-corrected chi connectivity index (χ3v) is 5.69. The molecular formula is C18H20BrN2O7P. The van der Waals surface area contributed by atoms with Gasteiger partial charge in [0.2, 0.25) is 0 Å². The summed E-state index contributed by atoms with van der Waals surface area (Å²) in [6.45, 7) is 3.66. The topological polar surface area (TPSA) is 128 Å². The summed E-state index contributed by atoms with van der Waals surface area (Å²) < 4.78 is 25.1. The first-order chi connectivity index (χ1) is 13.6. The number of carboxylic acids is 1. The molecule has 0 aromatic heterocycles. The molecule has 0 fully saturated rings. The lowest BCUT2D eigenvalue weighted by atomic mass is 10.1. The lowest BCUT2D eigenvalue weighted by Crippen LogP contribution is -2.38. The molecule has 2 rings (SSSR count). The maximum Gasteiger partial charge on any atom is 0.513 e. The first-order valence-corrected chi connectivity index (χ1v) is 10.9. The number of benzene rings is 2. The van der Waals surface area contributed by atoms with E-state index in [2.05, 4.69) is 21.0 Å². The Hall–Kier alpha value is -2.42. The van der Waals surface area contributed by atoms with Crippen molar-refractivity contribution < 1.29 is 28.4 Å². The zero-order chi connectivity index (χ0) is 21.6. The van der Waals surface area contributed by atoms with Crippen LogP contribution in [0.1, 0.15) is 20.3 Å². The van der Waals surface area contributed by atoms with Crippen molar-refractivity contribution in [2.45, 2.75) is 26.3 Å². The second kappa shape index (κ2) is 9.87. The van der Waals surface area contributed by atoms with Crippen LogP contribution in [0.3, 0.4) is 0 Å². The summed E-state index contributed by atoms with van der Waals surface area (Å²) in [6, 6.07) is 10.1. The van der Waals surface area contributed by atoms with Gasteiger partial charge in [-0.2, -0.15) is 5.09 Å². The van der Waals surface area contributed by atoms with Gasteiger partial charge in [-0.1, -0.05) is 29.8 Å². The normalized spacial score (nSPS) is 14.1. The summed E-state index contributed by atoms with van der Waals surface area (Å²) in [5, 5.41) is 22.7. The lowest BCUT2D eigenvalue weighted by Gasteiger charge is -2.24. The molecule has 2 aromatic rings. The summed E-state index contributed by atoms with van der Waals surface area (Å²) >= 11 is 3.28. The molecule has 2 aromatic carbocycles. The van der Waals surface area contributed by atoms with Gasteiger partial charge in [0.05, 0.1) is 4.92 Å². The van der Waals surface area contributed by atoms with Gasteiger partial charge in [-0.25, -0.2) is 4.57 Å². The molecule has 2 unspecified atom stereocenters. The quantitative estimate of drug-likeness (QED) is 0.272. The monoisotopic (exact) mass is 486 g/mol. The fraction of sp³-hybridized carbons (Fsp3) is 0.278. The van der Waals surface area contributed by atoms with E-state index in [4.69, 9.17) is 9.05 Å². The van der Waals surface area contributed by atoms with E-state index in [0.717, 1.165) is 4.47 Å². The number of nitro groups is 1. The molecule has 0 aliphatic heterocycles. The number of halogens is 1. The summed E-state index contributed by atoms with van der Waals surface area (Å²) in [6.07, 6.45) is 0.187. The Kier molecular flexibility index (Phi) is 7.78. The molecule has 0 amide bonds. The van der Waals surface area contributed by atoms with Gasteiger partial charge in [-0.3, -0.25) is 14.9 Å². The smallest absolute Gasteiger partial charge is 0.480 e. The maximum atomic E-state index is 13.4. The minimum atomic E-state index is -4.20. The molecule has 0 bridgehead atoms. The zero-order valence-electron chi connectivity index (χ0n) is 15.6. The van der Waals surface area contributed by atoms with Crippen molar-refractivity contribution in [1.29, 1.82) is 0 Å². The number of nitrogens with zero attached hydrogens (tertiary/aromatic N) is 1. The van der Waals surface area contributed by atoms with E-state index in [-0.39, 0.29) is 29.5 Å². The van der Waals surface area contributed by atoms with Crippen LogP contribution in [0, 0.1) is 16.0 Å². The number of hydrogen-bond acceptors (Lipinski definition) is 6. The zero-order valence-corrected chi connectivity index (χ0v) is 18.1. The van der Waals surface area contributed by atoms with Gasteiger partial charge in [0.1, 0.15) is 17.5 Å². The van der Waals surface area contributed by atoms with Crippen molar-refractivity contribution in [3.05, 3.63) is 63.1 Å². The fourth-order valence-electron chi connectivity index (χ4n) is 2.34. The molecule has 9 nitrogen and oxygen atoms in total. The van der Waals surface area contributed by atoms with E-state index in [1.54, 1.807) is 12.1 Å². The van der Waals surface area contributed by atoms with Gasteiger partial charge in [0.25, 0.3) is 5.69 Å². The molecule has 2 N–H and O–H groups in total. The number of non-ortho nitro benzene ring substituents is 1. The fourth-order valence-corrected chi connectivity index (χ4v) is 4.15. The molecule has 0 saturated carbocycles. The number of nitrogens with one attached hydrogen (secondary N) is 1. The average molecular weight is 487 g/mol. The van der Waals surface area contributed by atoms with Crippen LogP contribution in [0.15, 0.2) is 53.0 Å². The summed E-state index contributed by atoms with van der Waals surface area (Å²) in [5.74, 6) is -0.980. The molecule has 0 saturated heterocycles. The van der Waals surface area contributed by atoms with E-state index >= 15 is 0 Å². The first-order valence-electron chi connectivity index (χ1n) is 8.58. The minimum Gasteiger partial charge on any atom is -0.480 e. The molecule has 0 radical (unpaired) electrons. The second-order valence-electron chi connectivity index (χ2n) is 6.53. The van der Waals surface area contributed by atoms with Crippen LogP contribution >= 0.6 is 23.7 Å². The van der Waals surface area contributed by atoms with E-state index < -0.39 is 24.7 Å². The van der Waals surface area contributed by atoms with Crippen LogP contribution in [0.25, 0.3) is 0 Å². The van der Waals surface area contributed by atoms with Gasteiger partial charge in [0.15, 0.2) is 0 Å². The van der Waals surface area contributed by atoms with Crippen molar-refractivity contribution in [2.24, 2.45) is 5.92 Å². The van der Waals surface area contributed by atoms with E-state index in [1.807, 2.05) is 13.8 Å². The molecular weight excluding hydrogens is 467 g/mol. The number of carboxylic acid groups (broad SMARTS) is 1. The third-order valence-electron chi connectivity index (χ3n) is 3.63. The number of rotatable bonds is 10. The predicted octanol–water partition coefficient (Wildman–Crippen LogP) is 5.01. The molecule has 11 heteroatoms. The lowest BCUT2D eigenvalue weighted by molar-refractivity contribution is -0.384. The first kappa shape index (κ1) is 22.9. The van der Waals surface area contributed by atoms with Gasteiger partial charge in [-0.15, -0.1) is 0 Å². The Balaban J connectivity index is 2.32. The largest absolute Gasteiger partial charge is 0.513 e. The molecule has 0 aliphatic carbocycles. The van der Waals surface area contributed by atoms with Gasteiger partial charge in [0, 0.05) is 16.6 Å². The predicted molar refractivity (Wildman–Crippen MR) is 110 cm³/mol. The molecule has 0 spiro atoms. The number of carbonyl (C=O) groups is 1. The summed E-state index contributed by atoms with van der Waals surface area (Å²) in [7, 11) is -4.20. The highest BCUT2D eigenvalue weighted by Gasteiger charge is 2.35. The number of nitro benzene ring substituents is 1.